The maximum Gasteiger partial charge on any atom is 0.255 e. The number of hydrogen-bond donors (Lipinski definition) is 1. The molecule has 0 radical (unpaired) electrons. The summed E-state index contributed by atoms with van der Waals surface area (Å²) in [4.78, 5) is 5.76. The third-order valence-electron chi connectivity index (χ3n) is 2.44. The van der Waals surface area contributed by atoms with Crippen LogP contribution >= 0.6 is 24.0 Å². The molecule has 1 aromatic heterocycles. The van der Waals surface area contributed by atoms with Gasteiger partial charge in [0.15, 0.2) is 5.96 Å². The van der Waals surface area contributed by atoms with Gasteiger partial charge in [-0.1, -0.05) is 0 Å². The SMILES string of the molecule is CN=C(NCC(F)F)N(C)Cc1cccn1C.I. The molecule has 0 aliphatic rings. The van der Waals surface area contributed by atoms with Crippen molar-refractivity contribution in [1.82, 2.24) is 14.8 Å². The molecule has 0 saturated heterocycles. The van der Waals surface area contributed by atoms with Gasteiger partial charge >= 0.3 is 0 Å². The predicted molar refractivity (Wildman–Crippen MR) is 79.7 cm³/mol. The highest BCUT2D eigenvalue weighted by Crippen LogP contribution is 2.03. The van der Waals surface area contributed by atoms with Gasteiger partial charge in [-0.25, -0.2) is 8.78 Å². The van der Waals surface area contributed by atoms with Crippen LogP contribution in [0, 0.1) is 0 Å². The zero-order chi connectivity index (χ0) is 12.8. The van der Waals surface area contributed by atoms with Crippen LogP contribution in [0.3, 0.4) is 0 Å². The average Bonchev–Trinajstić information content (AvgIpc) is 2.65. The predicted octanol–water partition coefficient (Wildman–Crippen LogP) is 1.92. The minimum atomic E-state index is -2.38. The number of rotatable bonds is 4. The lowest BCUT2D eigenvalue weighted by atomic mass is 10.4. The van der Waals surface area contributed by atoms with Gasteiger partial charge in [0.1, 0.15) is 0 Å². The summed E-state index contributed by atoms with van der Waals surface area (Å²) in [7, 11) is 5.33. The molecule has 1 N–H and O–H groups in total. The van der Waals surface area contributed by atoms with Gasteiger partial charge in [0, 0.05) is 33.0 Å². The number of halogens is 3. The highest BCUT2D eigenvalue weighted by atomic mass is 127. The van der Waals surface area contributed by atoms with Gasteiger partial charge in [-0.3, -0.25) is 4.99 Å². The number of aryl methyl sites for hydroxylation is 1. The fourth-order valence-corrected chi connectivity index (χ4v) is 1.53. The van der Waals surface area contributed by atoms with Crippen molar-refractivity contribution in [3.8, 4) is 0 Å². The van der Waals surface area contributed by atoms with Gasteiger partial charge in [-0.2, -0.15) is 0 Å². The summed E-state index contributed by atoms with van der Waals surface area (Å²) >= 11 is 0. The van der Waals surface area contributed by atoms with Crippen molar-refractivity contribution in [1.29, 1.82) is 0 Å². The van der Waals surface area contributed by atoms with Crippen LogP contribution in [-0.2, 0) is 13.6 Å². The van der Waals surface area contributed by atoms with Crippen molar-refractivity contribution in [2.45, 2.75) is 13.0 Å². The summed E-state index contributed by atoms with van der Waals surface area (Å²) in [6.07, 6.45) is -0.436. The van der Waals surface area contributed by atoms with Crippen LogP contribution in [0.2, 0.25) is 0 Å². The molecular weight excluding hydrogens is 353 g/mol. The fourth-order valence-electron chi connectivity index (χ4n) is 1.53. The van der Waals surface area contributed by atoms with Crippen molar-refractivity contribution in [2.75, 3.05) is 20.6 Å². The highest BCUT2D eigenvalue weighted by Gasteiger charge is 2.10. The fraction of sp³-hybridized carbons (Fsp3) is 0.545. The van der Waals surface area contributed by atoms with Gasteiger partial charge in [-0.15, -0.1) is 24.0 Å². The van der Waals surface area contributed by atoms with E-state index in [2.05, 4.69) is 10.3 Å². The van der Waals surface area contributed by atoms with E-state index in [4.69, 9.17) is 0 Å². The number of aliphatic imine (C=N–C) groups is 1. The summed E-state index contributed by atoms with van der Waals surface area (Å²) in [6.45, 7) is 0.233. The Balaban J connectivity index is 0.00000289. The molecule has 0 atom stereocenters. The Bertz CT molecular complexity index is 379. The molecule has 1 aromatic rings. The molecule has 1 rings (SSSR count). The summed E-state index contributed by atoms with van der Waals surface area (Å²) < 4.78 is 26.2. The first kappa shape index (κ1) is 17.1. The Morgan fingerprint density at radius 1 is 1.56 bits per heavy atom. The lowest BCUT2D eigenvalue weighted by molar-refractivity contribution is 0.151. The Kier molecular flexibility index (Phi) is 7.88. The largest absolute Gasteiger partial charge is 0.353 e. The van der Waals surface area contributed by atoms with Gasteiger partial charge in [-0.05, 0) is 12.1 Å². The zero-order valence-electron chi connectivity index (χ0n) is 10.7. The molecule has 18 heavy (non-hydrogen) atoms. The van der Waals surface area contributed by atoms with E-state index >= 15 is 0 Å². The molecule has 0 saturated carbocycles. The first-order valence-corrected chi connectivity index (χ1v) is 5.34. The maximum absolute atomic E-state index is 12.1. The summed E-state index contributed by atoms with van der Waals surface area (Å²) in [5, 5.41) is 2.62. The molecule has 0 aliphatic carbocycles. The second-order valence-electron chi connectivity index (χ2n) is 3.79. The second kappa shape index (κ2) is 8.28. The Hall–Kier alpha value is -0.860. The van der Waals surface area contributed by atoms with Crippen LogP contribution in [-0.4, -0.2) is 42.5 Å². The van der Waals surface area contributed by atoms with Crippen LogP contribution in [0.15, 0.2) is 23.3 Å². The standard InChI is InChI=1S/C11H18F2N4.HI/c1-14-11(15-7-10(12)13)17(3)8-9-5-4-6-16(9)2;/h4-6,10H,7-8H2,1-3H3,(H,14,15);1H. The van der Waals surface area contributed by atoms with E-state index in [-0.39, 0.29) is 30.5 Å². The summed E-state index contributed by atoms with van der Waals surface area (Å²) in [5.41, 5.74) is 1.09. The summed E-state index contributed by atoms with van der Waals surface area (Å²) in [6, 6.07) is 3.93. The van der Waals surface area contributed by atoms with Gasteiger partial charge < -0.3 is 14.8 Å². The maximum atomic E-state index is 12.1. The van der Waals surface area contributed by atoms with Gasteiger partial charge in [0.25, 0.3) is 6.43 Å². The molecule has 1 heterocycles. The Morgan fingerprint density at radius 2 is 2.22 bits per heavy atom. The quantitative estimate of drug-likeness (QED) is 0.498. The van der Waals surface area contributed by atoms with E-state index in [1.807, 2.05) is 37.0 Å². The van der Waals surface area contributed by atoms with E-state index < -0.39 is 6.43 Å². The first-order valence-electron chi connectivity index (χ1n) is 5.34. The highest BCUT2D eigenvalue weighted by molar-refractivity contribution is 14.0. The molecular formula is C11H19F2IN4. The molecule has 0 aliphatic heterocycles. The van der Waals surface area contributed by atoms with Crippen molar-refractivity contribution < 1.29 is 8.78 Å². The third kappa shape index (κ3) is 5.19. The van der Waals surface area contributed by atoms with E-state index in [1.165, 1.54) is 0 Å². The second-order valence-corrected chi connectivity index (χ2v) is 3.79. The van der Waals surface area contributed by atoms with E-state index in [1.54, 1.807) is 11.9 Å². The number of guanidine groups is 1. The number of nitrogens with zero attached hydrogens (tertiary/aromatic N) is 3. The third-order valence-corrected chi connectivity index (χ3v) is 2.44. The minimum Gasteiger partial charge on any atom is -0.353 e. The van der Waals surface area contributed by atoms with Crippen LogP contribution in [0.25, 0.3) is 0 Å². The average molecular weight is 372 g/mol. The summed E-state index contributed by atoms with van der Waals surface area (Å²) in [5.74, 6) is 0.464. The molecule has 4 nitrogen and oxygen atoms in total. The van der Waals surface area contributed by atoms with E-state index in [0.29, 0.717) is 12.5 Å². The Morgan fingerprint density at radius 3 is 2.67 bits per heavy atom. The molecule has 0 aromatic carbocycles. The van der Waals surface area contributed by atoms with Crippen LogP contribution in [0.4, 0.5) is 8.78 Å². The topological polar surface area (TPSA) is 32.6 Å². The van der Waals surface area contributed by atoms with Gasteiger partial charge in [0.05, 0.1) is 13.1 Å². The van der Waals surface area contributed by atoms with E-state index in [0.717, 1.165) is 5.69 Å². The van der Waals surface area contributed by atoms with Crippen molar-refractivity contribution >= 4 is 29.9 Å². The number of nitrogens with one attached hydrogen (secondary N) is 1. The molecule has 0 spiro atoms. The van der Waals surface area contributed by atoms with Crippen LogP contribution in [0.5, 0.6) is 0 Å². The van der Waals surface area contributed by atoms with Crippen molar-refractivity contribution in [2.24, 2.45) is 12.0 Å². The van der Waals surface area contributed by atoms with Crippen LogP contribution < -0.4 is 5.32 Å². The first-order chi connectivity index (χ1) is 8.04. The molecule has 0 unspecified atom stereocenters. The molecule has 0 fully saturated rings. The normalized spacial score (nSPS) is 11.3. The van der Waals surface area contributed by atoms with Crippen LogP contribution in [0.1, 0.15) is 5.69 Å². The molecule has 7 heteroatoms. The van der Waals surface area contributed by atoms with E-state index in [9.17, 15) is 8.78 Å². The van der Waals surface area contributed by atoms with Crippen molar-refractivity contribution in [3.05, 3.63) is 24.0 Å². The lowest BCUT2D eigenvalue weighted by Gasteiger charge is -2.22. The molecule has 104 valence electrons. The lowest BCUT2D eigenvalue weighted by Crippen LogP contribution is -2.40. The number of aromatic nitrogens is 1. The minimum absolute atomic E-state index is 0. The van der Waals surface area contributed by atoms with Crippen molar-refractivity contribution in [3.63, 3.8) is 0 Å². The Labute approximate surface area is 123 Å². The molecule has 0 bridgehead atoms. The monoisotopic (exact) mass is 372 g/mol. The van der Waals surface area contributed by atoms with Gasteiger partial charge in [0.2, 0.25) is 0 Å². The smallest absolute Gasteiger partial charge is 0.255 e. The number of hydrogen-bond acceptors (Lipinski definition) is 1. The molecule has 0 amide bonds. The number of alkyl halides is 2. The zero-order valence-corrected chi connectivity index (χ0v) is 13.1.